The number of hydrogen-bond acceptors (Lipinski definition) is 5. The lowest BCUT2D eigenvalue weighted by Gasteiger charge is -2.14. The topological polar surface area (TPSA) is 87.6 Å². The number of ether oxygens (including phenoxy) is 1. The summed E-state index contributed by atoms with van der Waals surface area (Å²) >= 11 is 5.99. The highest BCUT2D eigenvalue weighted by atomic mass is 35.5. The third kappa shape index (κ3) is 3.04. The zero-order valence-electron chi connectivity index (χ0n) is 10.8. The molecule has 3 rings (SSSR count). The van der Waals surface area contributed by atoms with Crippen molar-refractivity contribution in [3.8, 4) is 5.88 Å². The highest BCUT2D eigenvalue weighted by Crippen LogP contribution is 2.30. The number of carbonyl (C=O) groups is 1. The number of carboxylic acid groups (broad SMARTS) is 1. The summed E-state index contributed by atoms with van der Waals surface area (Å²) in [5.41, 5.74) is 0. The van der Waals surface area contributed by atoms with Gasteiger partial charge in [0.05, 0.1) is 6.20 Å². The summed E-state index contributed by atoms with van der Waals surface area (Å²) in [6, 6.07) is 0.0149. The SMILES string of the molecule is O=C(O)N1CC[C@@H](Nc2ncc(Cl)c(OC3CC3)n2)C1. The van der Waals surface area contributed by atoms with E-state index in [9.17, 15) is 4.79 Å². The van der Waals surface area contributed by atoms with Gasteiger partial charge in [0.1, 0.15) is 11.1 Å². The van der Waals surface area contributed by atoms with Crippen molar-refractivity contribution in [2.75, 3.05) is 18.4 Å². The average molecular weight is 299 g/mol. The Morgan fingerprint density at radius 3 is 2.95 bits per heavy atom. The Labute approximate surface area is 120 Å². The number of rotatable bonds is 4. The fraction of sp³-hybridized carbons (Fsp3) is 0.583. The Morgan fingerprint density at radius 1 is 1.50 bits per heavy atom. The molecule has 2 aliphatic rings. The second-order valence-electron chi connectivity index (χ2n) is 5.02. The van der Waals surface area contributed by atoms with Crippen molar-refractivity contribution in [3.63, 3.8) is 0 Å². The molecule has 0 unspecified atom stereocenters. The third-order valence-corrected chi connectivity index (χ3v) is 3.57. The van der Waals surface area contributed by atoms with Gasteiger partial charge in [-0.25, -0.2) is 9.78 Å². The summed E-state index contributed by atoms with van der Waals surface area (Å²) in [7, 11) is 0. The Balaban J connectivity index is 1.63. The number of anilines is 1. The normalized spacial score (nSPS) is 21.9. The number of nitrogens with one attached hydrogen (secondary N) is 1. The minimum absolute atomic E-state index is 0.0149. The Kier molecular flexibility index (Phi) is 3.52. The van der Waals surface area contributed by atoms with Gasteiger partial charge in [-0.15, -0.1) is 0 Å². The number of aromatic nitrogens is 2. The van der Waals surface area contributed by atoms with Crippen LogP contribution in [0.4, 0.5) is 10.7 Å². The first-order chi connectivity index (χ1) is 9.61. The quantitative estimate of drug-likeness (QED) is 0.882. The van der Waals surface area contributed by atoms with E-state index >= 15 is 0 Å². The molecule has 1 amide bonds. The van der Waals surface area contributed by atoms with E-state index in [-0.39, 0.29) is 12.1 Å². The van der Waals surface area contributed by atoms with E-state index < -0.39 is 6.09 Å². The van der Waals surface area contributed by atoms with Gasteiger partial charge in [-0.1, -0.05) is 11.6 Å². The fourth-order valence-corrected chi connectivity index (χ4v) is 2.22. The molecule has 1 saturated heterocycles. The molecular formula is C12H15ClN4O3. The van der Waals surface area contributed by atoms with Crippen molar-refractivity contribution < 1.29 is 14.6 Å². The maximum atomic E-state index is 10.9. The highest BCUT2D eigenvalue weighted by Gasteiger charge is 2.28. The van der Waals surface area contributed by atoms with Gasteiger partial charge >= 0.3 is 6.09 Å². The molecule has 2 fully saturated rings. The summed E-state index contributed by atoms with van der Waals surface area (Å²) < 4.78 is 5.59. The number of nitrogens with zero attached hydrogens (tertiary/aromatic N) is 3. The molecule has 108 valence electrons. The zero-order chi connectivity index (χ0) is 14.1. The minimum Gasteiger partial charge on any atom is -0.473 e. The molecule has 8 heteroatoms. The van der Waals surface area contributed by atoms with E-state index in [1.807, 2.05) is 0 Å². The Morgan fingerprint density at radius 2 is 2.30 bits per heavy atom. The fourth-order valence-electron chi connectivity index (χ4n) is 2.08. The van der Waals surface area contributed by atoms with Crippen LogP contribution in [0.25, 0.3) is 0 Å². The maximum absolute atomic E-state index is 10.9. The summed E-state index contributed by atoms with van der Waals surface area (Å²) in [4.78, 5) is 20.6. The van der Waals surface area contributed by atoms with E-state index in [0.717, 1.165) is 19.3 Å². The average Bonchev–Trinajstić information content (AvgIpc) is 3.09. The smallest absolute Gasteiger partial charge is 0.407 e. The van der Waals surface area contributed by atoms with Crippen molar-refractivity contribution in [2.24, 2.45) is 0 Å². The third-order valence-electron chi connectivity index (χ3n) is 3.31. The van der Waals surface area contributed by atoms with E-state index in [2.05, 4.69) is 15.3 Å². The molecule has 1 atom stereocenters. The van der Waals surface area contributed by atoms with Crippen molar-refractivity contribution in [1.82, 2.24) is 14.9 Å². The minimum atomic E-state index is -0.899. The van der Waals surface area contributed by atoms with E-state index in [1.54, 1.807) is 0 Å². The van der Waals surface area contributed by atoms with Gasteiger partial charge in [-0.3, -0.25) is 0 Å². The molecule has 2 heterocycles. The van der Waals surface area contributed by atoms with Crippen molar-refractivity contribution in [1.29, 1.82) is 0 Å². The summed E-state index contributed by atoms with van der Waals surface area (Å²) in [6.45, 7) is 0.951. The van der Waals surface area contributed by atoms with E-state index in [1.165, 1.54) is 11.1 Å². The molecule has 1 aliphatic heterocycles. The van der Waals surface area contributed by atoms with Gasteiger partial charge in [-0.2, -0.15) is 4.98 Å². The molecule has 2 N–H and O–H groups in total. The van der Waals surface area contributed by atoms with Crippen LogP contribution in [0, 0.1) is 0 Å². The second-order valence-corrected chi connectivity index (χ2v) is 5.43. The van der Waals surface area contributed by atoms with Crippen LogP contribution in [0.2, 0.25) is 5.02 Å². The first-order valence-electron chi connectivity index (χ1n) is 6.55. The first kappa shape index (κ1) is 13.2. The molecular weight excluding hydrogens is 284 g/mol. The standard InChI is InChI=1S/C12H15ClN4O3/c13-9-5-14-11(16-10(9)20-8-1-2-8)15-7-3-4-17(6-7)12(18)19/h5,7-8H,1-4,6H2,(H,18,19)(H,14,15,16)/t7-/m1/s1. The predicted molar refractivity (Wildman–Crippen MR) is 72.3 cm³/mol. The molecule has 0 spiro atoms. The van der Waals surface area contributed by atoms with Gasteiger partial charge in [0.25, 0.3) is 0 Å². The molecule has 1 saturated carbocycles. The lowest BCUT2D eigenvalue weighted by Crippen LogP contribution is -2.30. The molecule has 0 aromatic carbocycles. The highest BCUT2D eigenvalue weighted by molar-refractivity contribution is 6.31. The van der Waals surface area contributed by atoms with Crippen LogP contribution in [0.15, 0.2) is 6.20 Å². The number of halogens is 1. The zero-order valence-corrected chi connectivity index (χ0v) is 11.5. The summed E-state index contributed by atoms with van der Waals surface area (Å²) in [5.74, 6) is 0.807. The van der Waals surface area contributed by atoms with Crippen LogP contribution in [0.3, 0.4) is 0 Å². The van der Waals surface area contributed by atoms with Crippen LogP contribution in [-0.4, -0.2) is 51.3 Å². The van der Waals surface area contributed by atoms with Gasteiger partial charge in [0, 0.05) is 19.1 Å². The van der Waals surface area contributed by atoms with E-state index in [4.69, 9.17) is 21.4 Å². The molecule has 1 aliphatic carbocycles. The van der Waals surface area contributed by atoms with Gasteiger partial charge in [0.2, 0.25) is 11.8 Å². The molecule has 0 bridgehead atoms. The van der Waals surface area contributed by atoms with Crippen molar-refractivity contribution in [2.45, 2.75) is 31.4 Å². The van der Waals surface area contributed by atoms with Gasteiger partial charge in [0.15, 0.2) is 0 Å². The largest absolute Gasteiger partial charge is 0.473 e. The Bertz CT molecular complexity index is 523. The van der Waals surface area contributed by atoms with Crippen molar-refractivity contribution in [3.05, 3.63) is 11.2 Å². The number of likely N-dealkylation sites (tertiary alicyclic amines) is 1. The predicted octanol–water partition coefficient (Wildman–Crippen LogP) is 1.84. The monoisotopic (exact) mass is 298 g/mol. The summed E-state index contributed by atoms with van der Waals surface area (Å²) in [6.07, 6.45) is 3.60. The van der Waals surface area contributed by atoms with Gasteiger partial charge in [-0.05, 0) is 19.3 Å². The van der Waals surface area contributed by atoms with Gasteiger partial charge < -0.3 is 20.1 Å². The first-order valence-corrected chi connectivity index (χ1v) is 6.93. The van der Waals surface area contributed by atoms with Crippen LogP contribution in [0.5, 0.6) is 5.88 Å². The molecule has 1 aromatic heterocycles. The Hall–Kier alpha value is -1.76. The number of amides is 1. The second kappa shape index (κ2) is 5.32. The lowest BCUT2D eigenvalue weighted by molar-refractivity contribution is 0.155. The van der Waals surface area contributed by atoms with Crippen LogP contribution >= 0.6 is 11.6 Å². The molecule has 7 nitrogen and oxygen atoms in total. The van der Waals surface area contributed by atoms with Crippen LogP contribution in [-0.2, 0) is 0 Å². The lowest BCUT2D eigenvalue weighted by atomic mass is 10.3. The van der Waals surface area contributed by atoms with Crippen LogP contribution < -0.4 is 10.1 Å². The molecule has 0 radical (unpaired) electrons. The maximum Gasteiger partial charge on any atom is 0.407 e. The van der Waals surface area contributed by atoms with Crippen molar-refractivity contribution >= 4 is 23.6 Å². The molecule has 20 heavy (non-hydrogen) atoms. The number of hydrogen-bond donors (Lipinski definition) is 2. The van der Waals surface area contributed by atoms with E-state index in [0.29, 0.717) is 29.9 Å². The molecule has 1 aromatic rings. The van der Waals surface area contributed by atoms with Crippen LogP contribution in [0.1, 0.15) is 19.3 Å². The summed E-state index contributed by atoms with van der Waals surface area (Å²) in [5, 5.41) is 12.4.